The Bertz CT molecular complexity index is 425. The fourth-order valence-corrected chi connectivity index (χ4v) is 2.94. The van der Waals surface area contributed by atoms with Crippen LogP contribution in [0.1, 0.15) is 5.56 Å². The van der Waals surface area contributed by atoms with Crippen molar-refractivity contribution in [2.75, 3.05) is 0 Å². The van der Waals surface area contributed by atoms with Crippen molar-refractivity contribution in [3.05, 3.63) is 49.8 Å². The first-order valence-electron chi connectivity index (χ1n) is 4.13. The number of benzene rings is 1. The molecule has 1 aromatic heterocycles. The number of thiazole rings is 1. The summed E-state index contributed by atoms with van der Waals surface area (Å²) in [4.78, 5) is 0. The summed E-state index contributed by atoms with van der Waals surface area (Å²) in [6.45, 7) is 0.906. The summed E-state index contributed by atoms with van der Waals surface area (Å²) in [5, 5.41) is 0. The third kappa shape index (κ3) is 2.24. The second-order valence-corrected chi connectivity index (χ2v) is 5.83. The monoisotopic (exact) mass is 332 g/mol. The molecule has 0 aliphatic rings. The third-order valence-corrected chi connectivity index (χ3v) is 5.24. The van der Waals surface area contributed by atoms with Crippen molar-refractivity contribution in [2.24, 2.45) is 0 Å². The predicted octanol–water partition coefficient (Wildman–Crippen LogP) is 3.61. The van der Waals surface area contributed by atoms with Crippen molar-refractivity contribution >= 4 is 43.2 Å². The van der Waals surface area contributed by atoms with Crippen LogP contribution in [0.15, 0.2) is 44.2 Å². The summed E-state index contributed by atoms with van der Waals surface area (Å²) < 4.78 is 4.41. The van der Waals surface area contributed by atoms with Gasteiger partial charge in [-0.1, -0.05) is 41.7 Å². The molecule has 2 aromatic rings. The Morgan fingerprint density at radius 3 is 2.43 bits per heavy atom. The zero-order valence-electron chi connectivity index (χ0n) is 7.28. The minimum atomic E-state index is 0.906. The van der Waals surface area contributed by atoms with Crippen molar-refractivity contribution in [1.29, 1.82) is 0 Å². The van der Waals surface area contributed by atoms with Crippen LogP contribution in [0.4, 0.5) is 0 Å². The summed E-state index contributed by atoms with van der Waals surface area (Å²) in [7, 11) is 0. The summed E-state index contributed by atoms with van der Waals surface area (Å²) in [6.07, 6.45) is 0. The predicted molar refractivity (Wildman–Crippen MR) is 65.5 cm³/mol. The smallest absolute Gasteiger partial charge is 0.178 e. The zero-order chi connectivity index (χ0) is 9.97. The molecule has 0 atom stereocenters. The molecule has 0 unspecified atom stereocenters. The van der Waals surface area contributed by atoms with E-state index in [-0.39, 0.29) is 0 Å². The highest BCUT2D eigenvalue weighted by Gasteiger charge is 2.14. The van der Waals surface area contributed by atoms with Gasteiger partial charge < -0.3 is 0 Å². The van der Waals surface area contributed by atoms with Crippen molar-refractivity contribution < 1.29 is 4.57 Å². The highest BCUT2D eigenvalue weighted by Crippen LogP contribution is 2.24. The maximum atomic E-state index is 3.53. The molecule has 0 saturated carbocycles. The van der Waals surface area contributed by atoms with Crippen molar-refractivity contribution in [3.8, 4) is 0 Å². The lowest BCUT2D eigenvalue weighted by atomic mass is 10.2. The van der Waals surface area contributed by atoms with Crippen LogP contribution in [-0.2, 0) is 6.54 Å². The van der Waals surface area contributed by atoms with Crippen LogP contribution in [0.5, 0.6) is 0 Å². The quantitative estimate of drug-likeness (QED) is 0.739. The zero-order valence-corrected chi connectivity index (χ0v) is 11.3. The summed E-state index contributed by atoms with van der Waals surface area (Å²) in [5.41, 5.74) is 3.41. The van der Waals surface area contributed by atoms with Gasteiger partial charge >= 0.3 is 0 Å². The SMILES string of the molecule is Brc1sc[n+](Cc2ccccc2)c1Br. The number of halogens is 2. The van der Waals surface area contributed by atoms with E-state index in [1.165, 1.54) is 5.56 Å². The molecule has 0 N–H and O–H groups in total. The largest absolute Gasteiger partial charge is 0.273 e. The first kappa shape index (κ1) is 10.3. The van der Waals surface area contributed by atoms with Crippen molar-refractivity contribution in [2.45, 2.75) is 6.54 Å². The molecule has 14 heavy (non-hydrogen) atoms. The van der Waals surface area contributed by atoms with Crippen LogP contribution in [0.3, 0.4) is 0 Å². The molecule has 0 aliphatic carbocycles. The lowest BCUT2D eigenvalue weighted by Crippen LogP contribution is -2.32. The standard InChI is InChI=1S/C10H8Br2NS/c11-9-10(12)14-7-13(9)6-8-4-2-1-3-5-8/h1-5,7H,6H2/q+1. The maximum Gasteiger partial charge on any atom is 0.273 e. The Balaban J connectivity index is 2.23. The molecule has 0 saturated heterocycles. The van der Waals surface area contributed by atoms with Gasteiger partial charge in [0.1, 0.15) is 0 Å². The van der Waals surface area contributed by atoms with Gasteiger partial charge in [0.25, 0.3) is 4.60 Å². The van der Waals surface area contributed by atoms with Gasteiger partial charge in [-0.05, 0) is 15.9 Å². The Labute approximate surface area is 104 Å². The van der Waals surface area contributed by atoms with Crippen LogP contribution in [-0.4, -0.2) is 0 Å². The fourth-order valence-electron chi connectivity index (χ4n) is 1.20. The van der Waals surface area contributed by atoms with Gasteiger partial charge in [0.15, 0.2) is 10.3 Å². The minimum Gasteiger partial charge on any atom is -0.178 e. The average molecular weight is 334 g/mol. The van der Waals surface area contributed by atoms with Gasteiger partial charge in [-0.3, -0.25) is 0 Å². The van der Waals surface area contributed by atoms with Crippen LogP contribution < -0.4 is 4.57 Å². The number of nitrogens with zero attached hydrogens (tertiary/aromatic N) is 1. The number of aromatic nitrogens is 1. The Morgan fingerprint density at radius 2 is 1.86 bits per heavy atom. The molecule has 2 rings (SSSR count). The van der Waals surface area contributed by atoms with Crippen LogP contribution in [0.2, 0.25) is 0 Å². The molecule has 1 heterocycles. The van der Waals surface area contributed by atoms with Gasteiger partial charge in [-0.15, -0.1) is 0 Å². The van der Waals surface area contributed by atoms with E-state index in [2.05, 4.69) is 66.2 Å². The molecule has 0 aliphatic heterocycles. The van der Waals surface area contributed by atoms with E-state index < -0.39 is 0 Å². The van der Waals surface area contributed by atoms with E-state index in [9.17, 15) is 0 Å². The molecule has 4 heteroatoms. The topological polar surface area (TPSA) is 3.88 Å². The third-order valence-electron chi connectivity index (χ3n) is 1.89. The minimum absolute atomic E-state index is 0.906. The first-order valence-corrected chi connectivity index (χ1v) is 6.60. The molecule has 0 bridgehead atoms. The van der Waals surface area contributed by atoms with Gasteiger partial charge in [0.2, 0.25) is 5.51 Å². The Hall–Kier alpha value is -0.190. The fraction of sp³-hybridized carbons (Fsp3) is 0.100. The average Bonchev–Trinajstić information content (AvgIpc) is 2.52. The maximum absolute atomic E-state index is 3.53. The molecular formula is C10H8Br2NS+. The van der Waals surface area contributed by atoms with Gasteiger partial charge in [-0.2, -0.15) is 4.57 Å². The molecular weight excluding hydrogens is 326 g/mol. The van der Waals surface area contributed by atoms with E-state index >= 15 is 0 Å². The highest BCUT2D eigenvalue weighted by atomic mass is 79.9. The molecule has 1 aromatic carbocycles. The highest BCUT2D eigenvalue weighted by molar-refractivity contribution is 9.13. The molecule has 0 radical (unpaired) electrons. The molecule has 0 fully saturated rings. The van der Waals surface area contributed by atoms with Crippen molar-refractivity contribution in [1.82, 2.24) is 0 Å². The second-order valence-electron chi connectivity index (χ2n) is 2.90. The van der Waals surface area contributed by atoms with Crippen molar-refractivity contribution in [3.63, 3.8) is 0 Å². The van der Waals surface area contributed by atoms with Crippen LogP contribution in [0, 0.1) is 0 Å². The number of hydrogen-bond acceptors (Lipinski definition) is 1. The lowest BCUT2D eigenvalue weighted by Gasteiger charge is -1.94. The number of rotatable bonds is 2. The molecule has 0 amide bonds. The summed E-state index contributed by atoms with van der Waals surface area (Å²) in [5.74, 6) is 0. The van der Waals surface area contributed by atoms with E-state index in [1.54, 1.807) is 11.3 Å². The van der Waals surface area contributed by atoms with Crippen LogP contribution in [0.25, 0.3) is 0 Å². The molecule has 1 nitrogen and oxygen atoms in total. The Kier molecular flexibility index (Phi) is 3.36. The van der Waals surface area contributed by atoms with Gasteiger partial charge in [-0.25, -0.2) is 0 Å². The number of hydrogen-bond donors (Lipinski definition) is 0. The molecule has 72 valence electrons. The van der Waals surface area contributed by atoms with Gasteiger partial charge in [0, 0.05) is 21.5 Å². The molecule has 0 spiro atoms. The van der Waals surface area contributed by atoms with E-state index in [1.807, 2.05) is 6.07 Å². The van der Waals surface area contributed by atoms with E-state index in [4.69, 9.17) is 0 Å². The summed E-state index contributed by atoms with van der Waals surface area (Å²) in [6, 6.07) is 10.4. The Morgan fingerprint density at radius 1 is 1.14 bits per heavy atom. The normalized spacial score (nSPS) is 10.4. The van der Waals surface area contributed by atoms with Crippen LogP contribution >= 0.6 is 43.2 Å². The van der Waals surface area contributed by atoms with E-state index in [0.717, 1.165) is 14.9 Å². The lowest BCUT2D eigenvalue weighted by molar-refractivity contribution is -0.694. The summed E-state index contributed by atoms with van der Waals surface area (Å²) >= 11 is 8.70. The van der Waals surface area contributed by atoms with E-state index in [0.29, 0.717) is 0 Å². The second kappa shape index (κ2) is 4.55. The first-order chi connectivity index (χ1) is 6.77. The van der Waals surface area contributed by atoms with Gasteiger partial charge in [0.05, 0.1) is 0 Å².